The Balaban J connectivity index is 2.21. The maximum atomic E-state index is 12.8. The molecule has 1 saturated heterocycles. The van der Waals surface area contributed by atoms with E-state index in [1.807, 2.05) is 45.9 Å². The van der Waals surface area contributed by atoms with Crippen molar-refractivity contribution in [2.45, 2.75) is 52.6 Å². The number of urea groups is 1. The number of amides is 2. The van der Waals surface area contributed by atoms with E-state index in [0.29, 0.717) is 6.54 Å². The van der Waals surface area contributed by atoms with Crippen LogP contribution in [0.25, 0.3) is 0 Å². The number of nitrogens with one attached hydrogen (secondary N) is 1. The van der Waals surface area contributed by atoms with E-state index in [-0.39, 0.29) is 23.9 Å². The molecule has 2 rings (SSSR count). The maximum Gasteiger partial charge on any atom is 0.318 e. The molecule has 21 heavy (non-hydrogen) atoms. The highest BCUT2D eigenvalue weighted by Crippen LogP contribution is 2.23. The van der Waals surface area contributed by atoms with Gasteiger partial charge in [0.2, 0.25) is 0 Å². The molecular formula is C17H24N2O2. The lowest BCUT2D eigenvalue weighted by Gasteiger charge is -2.25. The van der Waals surface area contributed by atoms with Gasteiger partial charge in [-0.3, -0.25) is 4.79 Å². The summed E-state index contributed by atoms with van der Waals surface area (Å²) in [5.74, 6) is 0.0626. The number of aryl methyl sites for hydroxylation is 2. The first-order chi connectivity index (χ1) is 9.90. The Kier molecular flexibility index (Phi) is 4.66. The van der Waals surface area contributed by atoms with Crippen molar-refractivity contribution in [1.29, 1.82) is 0 Å². The van der Waals surface area contributed by atoms with Crippen LogP contribution in [0.5, 0.6) is 0 Å². The lowest BCUT2D eigenvalue weighted by molar-refractivity contribution is 0.0885. The molecule has 1 aromatic rings. The number of carbonyl (C=O) groups excluding carboxylic acids is 2. The molecule has 1 atom stereocenters. The van der Waals surface area contributed by atoms with E-state index in [2.05, 4.69) is 5.32 Å². The first kappa shape index (κ1) is 15.5. The lowest BCUT2D eigenvalue weighted by Crippen LogP contribution is -2.48. The molecule has 0 aliphatic carbocycles. The molecule has 4 nitrogen and oxygen atoms in total. The van der Waals surface area contributed by atoms with Crippen molar-refractivity contribution in [3.05, 3.63) is 34.9 Å². The zero-order chi connectivity index (χ0) is 15.6. The standard InChI is InChI=1S/C17H24N2O2/c1-11(2)18-17(21)19-9-5-6-15(19)16(20)14-10-12(3)7-8-13(14)4/h7-8,10-11,15H,5-6,9H2,1-4H3,(H,18,21). The van der Waals surface area contributed by atoms with Crippen LogP contribution in [0.3, 0.4) is 0 Å². The quantitative estimate of drug-likeness (QED) is 0.869. The van der Waals surface area contributed by atoms with Crippen molar-refractivity contribution < 1.29 is 9.59 Å². The zero-order valence-electron chi connectivity index (χ0n) is 13.3. The number of ketones is 1. The normalized spacial score (nSPS) is 18.1. The Bertz CT molecular complexity index is 552. The van der Waals surface area contributed by atoms with E-state index in [0.717, 1.165) is 29.5 Å². The third kappa shape index (κ3) is 3.43. The summed E-state index contributed by atoms with van der Waals surface area (Å²) in [5, 5.41) is 2.88. The van der Waals surface area contributed by atoms with Crippen molar-refractivity contribution in [2.75, 3.05) is 6.54 Å². The fourth-order valence-corrected chi connectivity index (χ4v) is 2.79. The number of benzene rings is 1. The number of likely N-dealkylation sites (tertiary alicyclic amines) is 1. The van der Waals surface area contributed by atoms with Crippen LogP contribution in [-0.2, 0) is 0 Å². The minimum atomic E-state index is -0.329. The van der Waals surface area contributed by atoms with Gasteiger partial charge >= 0.3 is 6.03 Å². The van der Waals surface area contributed by atoms with Gasteiger partial charge in [0, 0.05) is 18.2 Å². The average molecular weight is 288 g/mol. The highest BCUT2D eigenvalue weighted by Gasteiger charge is 2.35. The highest BCUT2D eigenvalue weighted by molar-refractivity contribution is 6.03. The number of nitrogens with zero attached hydrogens (tertiary/aromatic N) is 1. The summed E-state index contributed by atoms with van der Waals surface area (Å²) in [5.41, 5.74) is 2.78. The third-order valence-electron chi connectivity index (χ3n) is 3.89. The van der Waals surface area contributed by atoms with Crippen LogP contribution >= 0.6 is 0 Å². The molecule has 1 aliphatic heterocycles. The summed E-state index contributed by atoms with van der Waals surface area (Å²) in [4.78, 5) is 26.7. The van der Waals surface area contributed by atoms with E-state index < -0.39 is 0 Å². The van der Waals surface area contributed by atoms with Crippen molar-refractivity contribution in [3.8, 4) is 0 Å². The van der Waals surface area contributed by atoms with E-state index in [1.54, 1.807) is 4.90 Å². The molecule has 1 heterocycles. The minimum Gasteiger partial charge on any atom is -0.336 e. The van der Waals surface area contributed by atoms with Gasteiger partial charge in [0.05, 0.1) is 6.04 Å². The van der Waals surface area contributed by atoms with Crippen LogP contribution in [0.15, 0.2) is 18.2 Å². The summed E-state index contributed by atoms with van der Waals surface area (Å²) < 4.78 is 0. The molecule has 2 amide bonds. The summed E-state index contributed by atoms with van der Waals surface area (Å²) in [7, 11) is 0. The summed E-state index contributed by atoms with van der Waals surface area (Å²) in [6.07, 6.45) is 1.63. The monoisotopic (exact) mass is 288 g/mol. The number of rotatable bonds is 3. The first-order valence-electron chi connectivity index (χ1n) is 7.58. The Labute approximate surface area is 126 Å². The van der Waals surface area contributed by atoms with Gasteiger partial charge < -0.3 is 10.2 Å². The van der Waals surface area contributed by atoms with E-state index >= 15 is 0 Å². The van der Waals surface area contributed by atoms with E-state index in [1.165, 1.54) is 0 Å². The third-order valence-corrected chi connectivity index (χ3v) is 3.89. The molecule has 1 aromatic carbocycles. The van der Waals surface area contributed by atoms with Crippen molar-refractivity contribution in [1.82, 2.24) is 10.2 Å². The van der Waals surface area contributed by atoms with E-state index in [4.69, 9.17) is 0 Å². The lowest BCUT2D eigenvalue weighted by atomic mass is 9.96. The van der Waals surface area contributed by atoms with Crippen molar-refractivity contribution in [3.63, 3.8) is 0 Å². The van der Waals surface area contributed by atoms with Gasteiger partial charge in [-0.15, -0.1) is 0 Å². The molecule has 0 radical (unpaired) electrons. The van der Waals surface area contributed by atoms with Crippen LogP contribution in [0.2, 0.25) is 0 Å². The van der Waals surface area contributed by atoms with Gasteiger partial charge in [0.25, 0.3) is 0 Å². The van der Waals surface area contributed by atoms with Gasteiger partial charge in [-0.2, -0.15) is 0 Å². The van der Waals surface area contributed by atoms with Gasteiger partial charge in [0.15, 0.2) is 5.78 Å². The van der Waals surface area contributed by atoms with Crippen LogP contribution in [0, 0.1) is 13.8 Å². The Morgan fingerprint density at radius 2 is 2.00 bits per heavy atom. The summed E-state index contributed by atoms with van der Waals surface area (Å²) in [6.45, 7) is 8.43. The number of hydrogen-bond acceptors (Lipinski definition) is 2. The highest BCUT2D eigenvalue weighted by atomic mass is 16.2. The fraction of sp³-hybridized carbons (Fsp3) is 0.529. The summed E-state index contributed by atoms with van der Waals surface area (Å²) >= 11 is 0. The van der Waals surface area contributed by atoms with Crippen LogP contribution in [-0.4, -0.2) is 35.3 Å². The predicted octanol–water partition coefficient (Wildman–Crippen LogP) is 3.07. The zero-order valence-corrected chi connectivity index (χ0v) is 13.3. The van der Waals surface area contributed by atoms with Gasteiger partial charge in [-0.05, 0) is 52.2 Å². The molecule has 1 aliphatic rings. The molecule has 0 aromatic heterocycles. The minimum absolute atomic E-state index is 0.0626. The molecular weight excluding hydrogens is 264 g/mol. The Morgan fingerprint density at radius 1 is 1.29 bits per heavy atom. The molecule has 0 bridgehead atoms. The molecule has 0 saturated carbocycles. The second-order valence-electron chi connectivity index (χ2n) is 6.14. The molecule has 1 N–H and O–H groups in total. The van der Waals surface area contributed by atoms with Crippen LogP contribution in [0.4, 0.5) is 4.79 Å². The Morgan fingerprint density at radius 3 is 2.67 bits per heavy atom. The topological polar surface area (TPSA) is 49.4 Å². The van der Waals surface area contributed by atoms with Crippen molar-refractivity contribution >= 4 is 11.8 Å². The molecule has 1 unspecified atom stereocenters. The van der Waals surface area contributed by atoms with Gasteiger partial charge in [-0.25, -0.2) is 4.79 Å². The fourth-order valence-electron chi connectivity index (χ4n) is 2.79. The largest absolute Gasteiger partial charge is 0.336 e. The van der Waals surface area contributed by atoms with E-state index in [9.17, 15) is 9.59 Å². The summed E-state index contributed by atoms with van der Waals surface area (Å²) in [6, 6.07) is 5.51. The van der Waals surface area contributed by atoms with Crippen LogP contribution < -0.4 is 5.32 Å². The predicted molar refractivity (Wildman–Crippen MR) is 83.6 cm³/mol. The number of hydrogen-bond donors (Lipinski definition) is 1. The average Bonchev–Trinajstić information content (AvgIpc) is 2.89. The smallest absolute Gasteiger partial charge is 0.318 e. The van der Waals surface area contributed by atoms with Gasteiger partial charge in [-0.1, -0.05) is 17.7 Å². The Hall–Kier alpha value is -1.84. The first-order valence-corrected chi connectivity index (χ1v) is 7.58. The van der Waals surface area contributed by atoms with Crippen LogP contribution in [0.1, 0.15) is 48.2 Å². The molecule has 1 fully saturated rings. The second kappa shape index (κ2) is 6.29. The SMILES string of the molecule is Cc1ccc(C)c(C(=O)C2CCCN2C(=O)NC(C)C)c1. The number of Topliss-reactive ketones (excluding diaryl/α,β-unsaturated/α-hetero) is 1. The molecule has 4 heteroatoms. The van der Waals surface area contributed by atoms with Crippen molar-refractivity contribution in [2.24, 2.45) is 0 Å². The van der Waals surface area contributed by atoms with Gasteiger partial charge in [0.1, 0.15) is 0 Å². The second-order valence-corrected chi connectivity index (χ2v) is 6.14. The molecule has 0 spiro atoms. The molecule has 114 valence electrons. The maximum absolute atomic E-state index is 12.8. The number of carbonyl (C=O) groups is 2.